The Hall–Kier alpha value is -3.32. The third-order valence-corrected chi connectivity index (χ3v) is 5.01. The number of hydrogen-bond acceptors (Lipinski definition) is 7. The van der Waals surface area contributed by atoms with Crippen molar-refractivity contribution in [2.24, 2.45) is 7.05 Å². The summed E-state index contributed by atoms with van der Waals surface area (Å²) in [4.78, 5) is 16.5. The average Bonchev–Trinajstić information content (AvgIpc) is 3.32. The summed E-state index contributed by atoms with van der Waals surface area (Å²) < 4.78 is 8.43. The quantitative estimate of drug-likeness (QED) is 0.547. The zero-order valence-electron chi connectivity index (χ0n) is 13.9. The maximum absolute atomic E-state index is 12.1. The highest BCUT2D eigenvalue weighted by atomic mass is 32.2. The van der Waals surface area contributed by atoms with Gasteiger partial charge in [0, 0.05) is 25.1 Å². The smallest absolute Gasteiger partial charge is 0.272 e. The zero-order valence-corrected chi connectivity index (χ0v) is 14.7. The second-order valence-electron chi connectivity index (χ2n) is 5.59. The first-order valence-electron chi connectivity index (χ1n) is 7.65. The van der Waals surface area contributed by atoms with Crippen LogP contribution >= 0.6 is 11.8 Å². The van der Waals surface area contributed by atoms with Gasteiger partial charge in [-0.1, -0.05) is 11.8 Å². The Morgan fingerprint density at radius 3 is 3.00 bits per heavy atom. The predicted molar refractivity (Wildman–Crippen MR) is 93.5 cm³/mol. The van der Waals surface area contributed by atoms with Gasteiger partial charge in [-0.3, -0.25) is 9.89 Å². The third-order valence-electron chi connectivity index (χ3n) is 3.95. The molecule has 9 nitrogen and oxygen atoms in total. The molecule has 0 saturated carbocycles. The van der Waals surface area contributed by atoms with Crippen LogP contribution < -0.4 is 5.56 Å². The number of rotatable bonds is 4. The molecule has 26 heavy (non-hydrogen) atoms. The normalized spacial score (nSPS) is 11.1. The summed E-state index contributed by atoms with van der Waals surface area (Å²) >= 11 is 1.41. The number of thioether (sulfide) groups is 1. The summed E-state index contributed by atoms with van der Waals surface area (Å²) in [5, 5.41) is 20.9. The number of hydrogen-bond donors (Lipinski definition) is 1. The summed E-state index contributed by atoms with van der Waals surface area (Å²) in [6.45, 7) is 1.87. The molecule has 4 aromatic heterocycles. The monoisotopic (exact) mass is 367 g/mol. The Morgan fingerprint density at radius 2 is 2.27 bits per heavy atom. The molecule has 0 radical (unpaired) electrons. The van der Waals surface area contributed by atoms with Crippen molar-refractivity contribution < 1.29 is 4.42 Å². The Labute approximate surface area is 151 Å². The molecule has 0 fully saturated rings. The molecule has 0 bridgehead atoms. The molecular weight excluding hydrogens is 354 g/mol. The maximum atomic E-state index is 12.1. The van der Waals surface area contributed by atoms with Gasteiger partial charge in [-0.2, -0.15) is 5.26 Å². The molecule has 0 aromatic carbocycles. The molecule has 0 atom stereocenters. The third kappa shape index (κ3) is 2.58. The number of fused-ring (bicyclic) bond motifs is 1. The van der Waals surface area contributed by atoms with Crippen LogP contribution in [0.5, 0.6) is 0 Å². The van der Waals surface area contributed by atoms with Crippen molar-refractivity contribution in [2.45, 2.75) is 17.8 Å². The molecule has 4 rings (SSSR count). The number of nitrogens with zero attached hydrogens (tertiary/aromatic N) is 6. The topological polar surface area (TPSA) is 118 Å². The van der Waals surface area contributed by atoms with E-state index in [0.717, 1.165) is 11.3 Å². The van der Waals surface area contributed by atoms with Crippen LogP contribution in [0.25, 0.3) is 17.0 Å². The van der Waals surface area contributed by atoms with E-state index in [1.54, 1.807) is 6.26 Å². The van der Waals surface area contributed by atoms with Crippen molar-refractivity contribution >= 4 is 17.4 Å². The van der Waals surface area contributed by atoms with Gasteiger partial charge in [-0.25, -0.2) is 9.50 Å². The fourth-order valence-electron chi connectivity index (χ4n) is 2.62. The molecule has 0 saturated heterocycles. The van der Waals surface area contributed by atoms with Crippen LogP contribution in [0, 0.1) is 18.3 Å². The first kappa shape index (κ1) is 16.2. The summed E-state index contributed by atoms with van der Waals surface area (Å²) in [5.41, 5.74) is 1.84. The lowest BCUT2D eigenvalue weighted by molar-refractivity contribution is 0.534. The van der Waals surface area contributed by atoms with Crippen LogP contribution in [0.3, 0.4) is 0 Å². The van der Waals surface area contributed by atoms with Crippen LogP contribution in [-0.4, -0.2) is 29.4 Å². The largest absolute Gasteiger partial charge is 0.469 e. The van der Waals surface area contributed by atoms with Crippen molar-refractivity contribution in [3.8, 4) is 17.5 Å². The highest BCUT2D eigenvalue weighted by Crippen LogP contribution is 2.27. The second kappa shape index (κ2) is 6.20. The van der Waals surface area contributed by atoms with E-state index in [0.29, 0.717) is 33.6 Å². The highest BCUT2D eigenvalue weighted by Gasteiger charge is 2.15. The number of nitriles is 1. The summed E-state index contributed by atoms with van der Waals surface area (Å²) in [6.07, 6.45) is 3.07. The standard InChI is InChI=1S/C16H13N7O2S/c1-9-12(3-4-25-9)15-20-21-16(22(15)2)26-8-11-5-13(24)23-14(19-11)10(6-17)7-18-23/h3-5,7,18H,8H2,1-2H3. The highest BCUT2D eigenvalue weighted by molar-refractivity contribution is 7.98. The minimum atomic E-state index is -0.264. The number of aromatic nitrogens is 6. The van der Waals surface area contributed by atoms with Gasteiger partial charge in [0.05, 0.1) is 17.5 Å². The number of aryl methyl sites for hydroxylation is 1. The fourth-order valence-corrected chi connectivity index (χ4v) is 3.42. The van der Waals surface area contributed by atoms with Crippen LogP contribution in [0.2, 0.25) is 0 Å². The van der Waals surface area contributed by atoms with Gasteiger partial charge in [0.15, 0.2) is 16.6 Å². The molecule has 0 amide bonds. The molecule has 1 N–H and O–H groups in total. The molecule has 0 spiro atoms. The Kier molecular flexibility index (Phi) is 3.85. The van der Waals surface area contributed by atoms with Gasteiger partial charge < -0.3 is 8.98 Å². The maximum Gasteiger partial charge on any atom is 0.272 e. The molecule has 0 unspecified atom stereocenters. The van der Waals surface area contributed by atoms with Crippen molar-refractivity contribution in [1.82, 2.24) is 29.4 Å². The molecule has 4 aromatic rings. The van der Waals surface area contributed by atoms with Gasteiger partial charge >= 0.3 is 0 Å². The minimum absolute atomic E-state index is 0.264. The number of aromatic amines is 1. The van der Waals surface area contributed by atoms with E-state index in [2.05, 4.69) is 20.3 Å². The van der Waals surface area contributed by atoms with E-state index in [1.165, 1.54) is 28.5 Å². The molecular formula is C16H13N7O2S. The summed E-state index contributed by atoms with van der Waals surface area (Å²) in [7, 11) is 1.87. The zero-order chi connectivity index (χ0) is 18.3. The van der Waals surface area contributed by atoms with Crippen molar-refractivity contribution in [3.05, 3.63) is 52.0 Å². The van der Waals surface area contributed by atoms with E-state index in [-0.39, 0.29) is 5.56 Å². The van der Waals surface area contributed by atoms with Gasteiger partial charge in [0.1, 0.15) is 17.4 Å². The second-order valence-corrected chi connectivity index (χ2v) is 6.53. The van der Waals surface area contributed by atoms with E-state index in [1.807, 2.05) is 30.7 Å². The molecule has 4 heterocycles. The number of H-pyrrole nitrogens is 1. The Bertz CT molecular complexity index is 1210. The Morgan fingerprint density at radius 1 is 1.42 bits per heavy atom. The van der Waals surface area contributed by atoms with Gasteiger partial charge in [-0.15, -0.1) is 10.2 Å². The molecule has 0 aliphatic rings. The van der Waals surface area contributed by atoms with Crippen LogP contribution in [-0.2, 0) is 12.8 Å². The first-order chi connectivity index (χ1) is 12.6. The lowest BCUT2D eigenvalue weighted by Gasteiger charge is -2.03. The van der Waals surface area contributed by atoms with Gasteiger partial charge in [0.2, 0.25) is 0 Å². The van der Waals surface area contributed by atoms with Crippen LogP contribution in [0.1, 0.15) is 17.0 Å². The van der Waals surface area contributed by atoms with Crippen LogP contribution in [0.4, 0.5) is 0 Å². The van der Waals surface area contributed by atoms with E-state index in [9.17, 15) is 4.79 Å². The SMILES string of the molecule is Cc1occc1-c1nnc(SCc2cc(=O)n3[nH]cc(C#N)c3n2)n1C. The molecule has 130 valence electrons. The number of furan rings is 1. The summed E-state index contributed by atoms with van der Waals surface area (Å²) in [6, 6.07) is 5.30. The van der Waals surface area contributed by atoms with Crippen molar-refractivity contribution in [2.75, 3.05) is 0 Å². The lowest BCUT2D eigenvalue weighted by Crippen LogP contribution is -2.15. The average molecular weight is 367 g/mol. The fraction of sp³-hybridized carbons (Fsp3) is 0.188. The first-order valence-corrected chi connectivity index (χ1v) is 8.64. The summed E-state index contributed by atoms with van der Waals surface area (Å²) in [5.74, 6) is 1.91. The van der Waals surface area contributed by atoms with Gasteiger partial charge in [0.25, 0.3) is 5.56 Å². The van der Waals surface area contributed by atoms with E-state index in [4.69, 9.17) is 9.68 Å². The van der Waals surface area contributed by atoms with Crippen molar-refractivity contribution in [3.63, 3.8) is 0 Å². The molecule has 10 heteroatoms. The van der Waals surface area contributed by atoms with Crippen molar-refractivity contribution in [1.29, 1.82) is 5.26 Å². The molecule has 0 aliphatic heterocycles. The van der Waals surface area contributed by atoms with E-state index >= 15 is 0 Å². The van der Waals surface area contributed by atoms with E-state index < -0.39 is 0 Å². The minimum Gasteiger partial charge on any atom is -0.469 e. The lowest BCUT2D eigenvalue weighted by atomic mass is 10.2. The van der Waals surface area contributed by atoms with Gasteiger partial charge in [-0.05, 0) is 13.0 Å². The van der Waals surface area contributed by atoms with Crippen LogP contribution in [0.15, 0.2) is 39.0 Å². The molecule has 0 aliphatic carbocycles. The number of nitrogens with one attached hydrogen (secondary N) is 1. The predicted octanol–water partition coefficient (Wildman–Crippen LogP) is 1.88. The Balaban J connectivity index is 1.61.